The van der Waals surface area contributed by atoms with Crippen molar-refractivity contribution in [3.05, 3.63) is 50.6 Å². The van der Waals surface area contributed by atoms with Gasteiger partial charge in [0.05, 0.1) is 6.61 Å². The molecule has 0 atom stereocenters. The highest BCUT2D eigenvalue weighted by Crippen LogP contribution is 1.74. The van der Waals surface area contributed by atoms with E-state index >= 15 is 0 Å². The van der Waals surface area contributed by atoms with Gasteiger partial charge in [0.2, 0.25) is 0 Å². The Morgan fingerprint density at radius 1 is 0.875 bits per heavy atom. The van der Waals surface area contributed by atoms with Gasteiger partial charge in [0.25, 0.3) is 0 Å². The van der Waals surface area contributed by atoms with Gasteiger partial charge >= 0.3 is 24.0 Å². The molecule has 9 nitrogen and oxygen atoms in total. The Hall–Kier alpha value is -3.36. The van der Waals surface area contributed by atoms with E-state index in [2.05, 4.69) is 36.4 Å². The van der Waals surface area contributed by atoms with Gasteiger partial charge in [0.1, 0.15) is 0 Å². The summed E-state index contributed by atoms with van der Waals surface area (Å²) in [6.07, 6.45) is 3.70. The topological polar surface area (TPSA) is 150 Å². The third kappa shape index (κ3) is 62.4. The standard InChI is InChI=1S/C6H11NO2.3C3H4O2/c1-3-5-7-6(8)9-4-2;3*1-2-3(4)5/h3H,1,4-5H2,2H3,(H,7,8);3*2H,1H2,(H,4,5). The summed E-state index contributed by atoms with van der Waals surface area (Å²) >= 11 is 0. The second-order valence-electron chi connectivity index (χ2n) is 3.02. The van der Waals surface area contributed by atoms with E-state index in [0.29, 0.717) is 13.2 Å². The molecule has 136 valence electrons. The molecule has 24 heavy (non-hydrogen) atoms. The van der Waals surface area contributed by atoms with Crippen molar-refractivity contribution in [1.82, 2.24) is 5.32 Å². The fourth-order valence-electron chi connectivity index (χ4n) is 0.338. The van der Waals surface area contributed by atoms with Crippen LogP contribution in [0.2, 0.25) is 0 Å². The maximum absolute atomic E-state index is 10.4. The van der Waals surface area contributed by atoms with Crippen LogP contribution in [0.25, 0.3) is 0 Å². The molecule has 0 rings (SSSR count). The van der Waals surface area contributed by atoms with Crippen LogP contribution < -0.4 is 5.32 Å². The summed E-state index contributed by atoms with van der Waals surface area (Å²) in [4.78, 5) is 38.2. The Balaban J connectivity index is -0.000000116. The van der Waals surface area contributed by atoms with E-state index in [1.807, 2.05) is 0 Å². The van der Waals surface area contributed by atoms with Gasteiger partial charge in [-0.3, -0.25) is 0 Å². The number of carbonyl (C=O) groups excluding carboxylic acids is 1. The number of hydrogen-bond acceptors (Lipinski definition) is 5. The van der Waals surface area contributed by atoms with Crippen LogP contribution in [0.4, 0.5) is 4.79 Å². The van der Waals surface area contributed by atoms with Crippen molar-refractivity contribution < 1.29 is 39.2 Å². The predicted molar refractivity (Wildman–Crippen MR) is 88.7 cm³/mol. The minimum absolute atomic E-state index is 0.391. The van der Waals surface area contributed by atoms with Gasteiger partial charge in [-0.25, -0.2) is 19.2 Å². The Morgan fingerprint density at radius 2 is 1.17 bits per heavy atom. The molecule has 0 heterocycles. The van der Waals surface area contributed by atoms with Crippen molar-refractivity contribution in [2.45, 2.75) is 6.92 Å². The van der Waals surface area contributed by atoms with E-state index in [1.165, 1.54) is 0 Å². The maximum Gasteiger partial charge on any atom is 0.407 e. The SMILES string of the molecule is C=CC(=O)O.C=CC(=O)O.C=CC(=O)O.C=CCNC(=O)OCC. The molecule has 4 N–H and O–H groups in total. The van der Waals surface area contributed by atoms with Crippen molar-refractivity contribution in [2.24, 2.45) is 0 Å². The molecule has 0 saturated heterocycles. The quantitative estimate of drug-likeness (QED) is 0.419. The lowest BCUT2D eigenvalue weighted by Crippen LogP contribution is -2.23. The number of amides is 1. The first-order chi connectivity index (χ1) is 11.1. The van der Waals surface area contributed by atoms with Gasteiger partial charge in [0, 0.05) is 24.8 Å². The van der Waals surface area contributed by atoms with Crippen LogP contribution in [-0.2, 0) is 19.1 Å². The van der Waals surface area contributed by atoms with Crippen LogP contribution in [-0.4, -0.2) is 52.5 Å². The minimum atomic E-state index is -0.981. The van der Waals surface area contributed by atoms with Crippen molar-refractivity contribution in [3.8, 4) is 0 Å². The number of carboxylic acids is 3. The molecule has 0 radical (unpaired) electrons. The first kappa shape index (κ1) is 28.8. The Morgan fingerprint density at radius 3 is 1.33 bits per heavy atom. The number of ether oxygens (including phenoxy) is 1. The Labute approximate surface area is 140 Å². The smallest absolute Gasteiger partial charge is 0.407 e. The van der Waals surface area contributed by atoms with E-state index < -0.39 is 24.0 Å². The van der Waals surface area contributed by atoms with Gasteiger partial charge in [-0.05, 0) is 6.92 Å². The van der Waals surface area contributed by atoms with Gasteiger partial charge in [0.15, 0.2) is 0 Å². The Kier molecular flexibility index (Phi) is 29.5. The zero-order chi connectivity index (χ0) is 20.0. The molecule has 0 spiro atoms. The maximum atomic E-state index is 10.4. The number of carboxylic acid groups (broad SMARTS) is 3. The van der Waals surface area contributed by atoms with E-state index in [4.69, 9.17) is 15.3 Å². The number of hydrogen-bond donors (Lipinski definition) is 4. The number of alkyl carbamates (subject to hydrolysis) is 1. The van der Waals surface area contributed by atoms with Crippen molar-refractivity contribution in [1.29, 1.82) is 0 Å². The Bertz CT molecular complexity index is 386. The summed E-state index contributed by atoms with van der Waals surface area (Å²) in [5, 5.41) is 25.3. The van der Waals surface area contributed by atoms with E-state index in [9.17, 15) is 19.2 Å². The third-order valence-electron chi connectivity index (χ3n) is 1.19. The monoisotopic (exact) mass is 345 g/mol. The van der Waals surface area contributed by atoms with Gasteiger partial charge in [-0.15, -0.1) is 6.58 Å². The normalized spacial score (nSPS) is 7.04. The summed E-state index contributed by atoms with van der Waals surface area (Å²) in [6.45, 7) is 14.9. The number of nitrogens with one attached hydrogen (secondary N) is 1. The first-order valence-corrected chi connectivity index (χ1v) is 6.20. The highest BCUT2D eigenvalue weighted by Gasteiger charge is 1.93. The summed E-state index contributed by atoms with van der Waals surface area (Å²) in [5.74, 6) is -2.94. The van der Waals surface area contributed by atoms with Crippen LogP contribution >= 0.6 is 0 Å². The summed E-state index contributed by atoms with van der Waals surface area (Å²) in [7, 11) is 0. The van der Waals surface area contributed by atoms with E-state index in [1.54, 1.807) is 13.0 Å². The number of aliphatic carboxylic acids is 3. The number of rotatable bonds is 6. The minimum Gasteiger partial charge on any atom is -0.478 e. The van der Waals surface area contributed by atoms with Crippen molar-refractivity contribution >= 4 is 24.0 Å². The largest absolute Gasteiger partial charge is 0.478 e. The lowest BCUT2D eigenvalue weighted by atomic mass is 10.6. The lowest BCUT2D eigenvalue weighted by Gasteiger charge is -1.99. The van der Waals surface area contributed by atoms with E-state index in [-0.39, 0.29) is 0 Å². The highest BCUT2D eigenvalue weighted by molar-refractivity contribution is 5.79. The second-order valence-corrected chi connectivity index (χ2v) is 3.02. The number of carbonyl (C=O) groups is 4. The van der Waals surface area contributed by atoms with Crippen molar-refractivity contribution in [3.63, 3.8) is 0 Å². The van der Waals surface area contributed by atoms with Crippen molar-refractivity contribution in [2.75, 3.05) is 13.2 Å². The summed E-state index contributed by atoms with van der Waals surface area (Å²) < 4.78 is 4.55. The fourth-order valence-corrected chi connectivity index (χ4v) is 0.338. The zero-order valence-electron chi connectivity index (χ0n) is 13.4. The molecular formula is C15H23NO8. The molecule has 9 heteroatoms. The van der Waals surface area contributed by atoms with Gasteiger partial charge < -0.3 is 25.4 Å². The first-order valence-electron chi connectivity index (χ1n) is 6.20. The van der Waals surface area contributed by atoms with Crippen LogP contribution in [0.5, 0.6) is 0 Å². The lowest BCUT2D eigenvalue weighted by molar-refractivity contribution is -0.132. The molecule has 0 aromatic heterocycles. The molecule has 0 fully saturated rings. The molecule has 0 saturated carbocycles. The summed E-state index contributed by atoms with van der Waals surface area (Å²) in [6, 6.07) is 0. The second kappa shape index (κ2) is 24.6. The van der Waals surface area contributed by atoms with Gasteiger partial charge in [-0.2, -0.15) is 0 Å². The average Bonchev–Trinajstić information content (AvgIpc) is 2.54. The molecule has 0 aliphatic rings. The molecule has 0 aromatic carbocycles. The van der Waals surface area contributed by atoms with Gasteiger partial charge in [-0.1, -0.05) is 25.8 Å². The van der Waals surface area contributed by atoms with Crippen LogP contribution in [0.1, 0.15) is 6.92 Å². The highest BCUT2D eigenvalue weighted by atomic mass is 16.5. The van der Waals surface area contributed by atoms with Crippen LogP contribution in [0.15, 0.2) is 50.6 Å². The molecule has 0 unspecified atom stereocenters. The van der Waals surface area contributed by atoms with Crippen LogP contribution in [0.3, 0.4) is 0 Å². The van der Waals surface area contributed by atoms with E-state index in [0.717, 1.165) is 18.2 Å². The van der Waals surface area contributed by atoms with Crippen LogP contribution in [0, 0.1) is 0 Å². The third-order valence-corrected chi connectivity index (χ3v) is 1.19. The molecular weight excluding hydrogens is 322 g/mol. The molecule has 0 bridgehead atoms. The summed E-state index contributed by atoms with van der Waals surface area (Å²) in [5.41, 5.74) is 0. The zero-order valence-corrected chi connectivity index (χ0v) is 13.4. The molecule has 0 aliphatic heterocycles. The molecule has 0 aliphatic carbocycles. The predicted octanol–water partition coefficient (Wildman–Crippen LogP) is 1.69. The molecule has 1 amide bonds. The average molecular weight is 345 g/mol. The molecule has 0 aromatic rings. The fraction of sp³-hybridized carbons (Fsp3) is 0.200.